The summed E-state index contributed by atoms with van der Waals surface area (Å²) in [5.74, 6) is -1.90. The quantitative estimate of drug-likeness (QED) is 0.389. The minimum absolute atomic E-state index is 0.118. The number of carbonyl (C=O) groups excluding carboxylic acids is 4. The molecule has 6 N–H and O–H groups in total. The van der Waals surface area contributed by atoms with Crippen molar-refractivity contribution >= 4 is 35.2 Å². The van der Waals surface area contributed by atoms with Crippen LogP contribution in [0.15, 0.2) is 12.3 Å². The van der Waals surface area contributed by atoms with Crippen LogP contribution in [0.5, 0.6) is 0 Å². The fraction of sp³-hybridized carbons (Fsp3) is 0.600. The molecule has 1 saturated heterocycles. The zero-order valence-electron chi connectivity index (χ0n) is 17.1. The van der Waals surface area contributed by atoms with Crippen molar-refractivity contribution in [2.24, 2.45) is 17.6 Å². The number of nitrogens with one attached hydrogen (secondary N) is 4. The van der Waals surface area contributed by atoms with Gasteiger partial charge in [-0.2, -0.15) is 0 Å². The van der Waals surface area contributed by atoms with Crippen LogP contribution in [0.1, 0.15) is 56.4 Å². The largest absolute Gasteiger partial charge is 0.368 e. The lowest BCUT2D eigenvalue weighted by Crippen LogP contribution is -2.53. The van der Waals surface area contributed by atoms with E-state index in [-0.39, 0.29) is 23.6 Å². The number of amides is 4. The van der Waals surface area contributed by atoms with Gasteiger partial charge in [-0.15, -0.1) is 0 Å². The molecule has 9 nitrogen and oxygen atoms in total. The molecule has 2 aliphatic rings. The van der Waals surface area contributed by atoms with E-state index in [0.717, 1.165) is 12.8 Å². The lowest BCUT2D eigenvalue weighted by molar-refractivity contribution is -0.130. The molecule has 4 amide bonds. The zero-order chi connectivity index (χ0) is 22.1. The second-order valence-corrected chi connectivity index (χ2v) is 9.35. The maximum atomic E-state index is 12.9. The molecule has 2 unspecified atom stereocenters. The van der Waals surface area contributed by atoms with E-state index in [9.17, 15) is 19.2 Å². The Bertz CT molecular complexity index is 848. The highest BCUT2D eigenvalue weighted by Gasteiger charge is 2.40. The van der Waals surface area contributed by atoms with Crippen molar-refractivity contribution in [3.8, 4) is 0 Å². The van der Waals surface area contributed by atoms with Crippen LogP contribution >= 0.6 is 11.6 Å². The average molecular weight is 438 g/mol. The lowest BCUT2D eigenvalue weighted by Gasteiger charge is -2.23. The van der Waals surface area contributed by atoms with Crippen LogP contribution in [-0.2, 0) is 14.4 Å². The summed E-state index contributed by atoms with van der Waals surface area (Å²) >= 11 is 5.84. The molecule has 0 aromatic carbocycles. The molecule has 30 heavy (non-hydrogen) atoms. The Hall–Kier alpha value is -2.55. The van der Waals surface area contributed by atoms with Crippen LogP contribution in [0.25, 0.3) is 0 Å². The Balaban J connectivity index is 1.65. The average Bonchev–Trinajstić information content (AvgIpc) is 3.28. The highest BCUT2D eigenvalue weighted by atomic mass is 35.5. The zero-order valence-corrected chi connectivity index (χ0v) is 17.8. The smallest absolute Gasteiger partial charge is 0.268 e. The van der Waals surface area contributed by atoms with Crippen molar-refractivity contribution in [3.05, 3.63) is 23.0 Å². The molecule has 164 valence electrons. The minimum Gasteiger partial charge on any atom is -0.368 e. The molecule has 2 fully saturated rings. The molecule has 1 saturated carbocycles. The molecule has 1 aliphatic carbocycles. The highest BCUT2D eigenvalue weighted by molar-refractivity contribution is 6.31. The first-order valence-electron chi connectivity index (χ1n) is 10.1. The Labute approximate surface area is 179 Å². The normalized spacial score (nSPS) is 22.1. The Kier molecular flexibility index (Phi) is 6.40. The van der Waals surface area contributed by atoms with Gasteiger partial charge in [-0.05, 0) is 45.1 Å². The number of hydrogen-bond acceptors (Lipinski definition) is 4. The van der Waals surface area contributed by atoms with Crippen molar-refractivity contribution < 1.29 is 19.2 Å². The van der Waals surface area contributed by atoms with Gasteiger partial charge in [0.1, 0.15) is 17.8 Å². The van der Waals surface area contributed by atoms with Crippen LogP contribution in [0.2, 0.25) is 5.02 Å². The molecule has 0 radical (unpaired) electrons. The third kappa shape index (κ3) is 5.75. The predicted octanol–water partition coefficient (Wildman–Crippen LogP) is 0.842. The van der Waals surface area contributed by atoms with E-state index in [4.69, 9.17) is 17.3 Å². The molecule has 1 aromatic heterocycles. The van der Waals surface area contributed by atoms with Gasteiger partial charge in [-0.25, -0.2) is 0 Å². The summed E-state index contributed by atoms with van der Waals surface area (Å²) < 4.78 is 0. The first-order valence-corrected chi connectivity index (χ1v) is 10.5. The first kappa shape index (κ1) is 22.1. The fourth-order valence-corrected chi connectivity index (χ4v) is 4.01. The van der Waals surface area contributed by atoms with Gasteiger partial charge in [0, 0.05) is 17.7 Å². The standard InChI is InChI=1S/C20H28ClN5O4/c1-20(2)8-11(17(28)26-20)6-13(16(22)27)24-19(30)15(5-10-3-4-10)25-18(29)14-7-12(21)9-23-14/h7,9-11,13,15,23H,3-6,8H2,1-2H3,(H2,22,27)(H,24,30)(H,25,29)(H,26,28)/t11-,13?,15?/m1/s1. The van der Waals surface area contributed by atoms with Gasteiger partial charge in [0.2, 0.25) is 17.7 Å². The third-order valence-electron chi connectivity index (χ3n) is 5.55. The molecule has 2 heterocycles. The van der Waals surface area contributed by atoms with Gasteiger partial charge in [-0.3, -0.25) is 19.2 Å². The lowest BCUT2D eigenvalue weighted by atomic mass is 9.91. The van der Waals surface area contributed by atoms with Gasteiger partial charge in [0.25, 0.3) is 5.91 Å². The van der Waals surface area contributed by atoms with Crippen molar-refractivity contribution in [1.82, 2.24) is 20.9 Å². The van der Waals surface area contributed by atoms with Crippen LogP contribution in [0.3, 0.4) is 0 Å². The Morgan fingerprint density at radius 1 is 1.23 bits per heavy atom. The molecular weight excluding hydrogens is 410 g/mol. The van der Waals surface area contributed by atoms with Crippen LogP contribution in [-0.4, -0.2) is 46.2 Å². The fourth-order valence-electron chi connectivity index (χ4n) is 3.84. The maximum Gasteiger partial charge on any atom is 0.268 e. The molecule has 0 bridgehead atoms. The number of aromatic nitrogens is 1. The number of aromatic amines is 1. The van der Waals surface area contributed by atoms with Gasteiger partial charge in [0.15, 0.2) is 0 Å². The van der Waals surface area contributed by atoms with Crippen molar-refractivity contribution in [1.29, 1.82) is 0 Å². The number of primary amides is 1. The summed E-state index contributed by atoms with van der Waals surface area (Å²) in [6, 6.07) is -0.348. The molecule has 10 heteroatoms. The molecule has 1 aliphatic heterocycles. The number of rotatable bonds is 9. The number of hydrogen-bond donors (Lipinski definition) is 5. The summed E-state index contributed by atoms with van der Waals surface area (Å²) in [6.45, 7) is 3.80. The van der Waals surface area contributed by atoms with Crippen LogP contribution in [0, 0.1) is 11.8 Å². The summed E-state index contributed by atoms with van der Waals surface area (Å²) in [5.41, 5.74) is 5.37. The SMILES string of the molecule is CC1(C)C[C@@H](CC(NC(=O)C(CC2CC2)NC(=O)c2cc(Cl)c[nH]2)C(N)=O)C(=O)N1. The molecule has 3 atom stereocenters. The van der Waals surface area contributed by atoms with E-state index in [1.807, 2.05) is 13.8 Å². The molecular formula is C20H28ClN5O4. The van der Waals surface area contributed by atoms with Gasteiger partial charge >= 0.3 is 0 Å². The molecule has 3 rings (SSSR count). The van der Waals surface area contributed by atoms with Crippen molar-refractivity contribution in [3.63, 3.8) is 0 Å². The van der Waals surface area contributed by atoms with E-state index in [2.05, 4.69) is 20.9 Å². The monoisotopic (exact) mass is 437 g/mol. The maximum absolute atomic E-state index is 12.9. The Morgan fingerprint density at radius 3 is 2.43 bits per heavy atom. The second-order valence-electron chi connectivity index (χ2n) is 8.91. The second kappa shape index (κ2) is 8.67. The predicted molar refractivity (Wildman–Crippen MR) is 110 cm³/mol. The molecule has 1 aromatic rings. The van der Waals surface area contributed by atoms with E-state index in [0.29, 0.717) is 23.8 Å². The number of H-pyrrole nitrogens is 1. The van der Waals surface area contributed by atoms with Crippen molar-refractivity contribution in [2.45, 2.75) is 63.6 Å². The summed E-state index contributed by atoms with van der Waals surface area (Å²) in [6.07, 6.45) is 4.58. The van der Waals surface area contributed by atoms with Gasteiger partial charge in [-0.1, -0.05) is 24.4 Å². The third-order valence-corrected chi connectivity index (χ3v) is 5.77. The van der Waals surface area contributed by atoms with Crippen LogP contribution in [0.4, 0.5) is 0 Å². The Morgan fingerprint density at radius 2 is 1.93 bits per heavy atom. The van der Waals surface area contributed by atoms with E-state index < -0.39 is 35.7 Å². The summed E-state index contributed by atoms with van der Waals surface area (Å²) in [5, 5.41) is 8.60. The number of nitrogens with two attached hydrogens (primary N) is 1. The minimum atomic E-state index is -0.999. The summed E-state index contributed by atoms with van der Waals surface area (Å²) in [4.78, 5) is 52.3. The molecule has 0 spiro atoms. The van der Waals surface area contributed by atoms with Gasteiger partial charge in [0.05, 0.1) is 5.02 Å². The van der Waals surface area contributed by atoms with Crippen LogP contribution < -0.4 is 21.7 Å². The highest BCUT2D eigenvalue weighted by Crippen LogP contribution is 2.34. The topological polar surface area (TPSA) is 146 Å². The summed E-state index contributed by atoms with van der Waals surface area (Å²) in [7, 11) is 0. The van der Waals surface area contributed by atoms with E-state index >= 15 is 0 Å². The first-order chi connectivity index (χ1) is 14.0. The van der Waals surface area contributed by atoms with Crippen molar-refractivity contribution in [2.75, 3.05) is 0 Å². The number of carbonyl (C=O) groups is 4. The number of halogens is 1. The van der Waals surface area contributed by atoms with Gasteiger partial charge < -0.3 is 26.7 Å². The van der Waals surface area contributed by atoms with E-state index in [1.165, 1.54) is 12.3 Å². The van der Waals surface area contributed by atoms with E-state index in [1.54, 1.807) is 0 Å².